The van der Waals surface area contributed by atoms with Gasteiger partial charge in [-0.25, -0.2) is 0 Å². The third-order valence-corrected chi connectivity index (χ3v) is 4.40. The third-order valence-electron chi connectivity index (χ3n) is 4.13. The smallest absolute Gasteiger partial charge is 0.232 e. The van der Waals surface area contributed by atoms with E-state index in [1.807, 2.05) is 33.3 Å². The molecule has 0 heterocycles. The van der Waals surface area contributed by atoms with Gasteiger partial charge in [0.1, 0.15) is 0 Å². The Labute approximate surface area is 163 Å². The Bertz CT molecular complexity index is 652. The highest BCUT2D eigenvalue weighted by atomic mass is 32.1. The molecule has 1 rings (SSSR count). The fraction of sp³-hybridized carbons (Fsp3) is 0.381. The van der Waals surface area contributed by atoms with Gasteiger partial charge in [-0.3, -0.25) is 4.79 Å². The van der Waals surface area contributed by atoms with Gasteiger partial charge < -0.3 is 15.1 Å². The molecule has 0 aliphatic rings. The Kier molecular flexibility index (Phi) is 10.3. The van der Waals surface area contributed by atoms with Crippen LogP contribution in [0, 0.1) is 0 Å². The van der Waals surface area contributed by atoms with E-state index in [-0.39, 0.29) is 11.7 Å². The van der Waals surface area contributed by atoms with Crippen LogP contribution in [0.15, 0.2) is 54.3 Å². The number of allylic oxidation sites excluding steroid dienone is 4. The quantitative estimate of drug-likeness (QED) is 0.486. The number of amides is 1. The van der Waals surface area contributed by atoms with Gasteiger partial charge in [-0.15, -0.1) is 0 Å². The van der Waals surface area contributed by atoms with E-state index in [1.54, 1.807) is 4.90 Å². The lowest BCUT2D eigenvalue weighted by Gasteiger charge is -2.23. The van der Waals surface area contributed by atoms with Crippen LogP contribution in [0.1, 0.15) is 18.9 Å². The van der Waals surface area contributed by atoms with Gasteiger partial charge in [0.2, 0.25) is 5.91 Å². The first-order valence-electron chi connectivity index (χ1n) is 8.86. The Morgan fingerprint density at radius 1 is 1.19 bits per heavy atom. The lowest BCUT2D eigenvalue weighted by molar-refractivity contribution is -0.127. The molecule has 4 nitrogen and oxygen atoms in total. The Morgan fingerprint density at radius 3 is 2.58 bits per heavy atom. The molecule has 0 bridgehead atoms. The average Bonchev–Trinajstić information content (AvgIpc) is 2.67. The minimum Gasteiger partial charge on any atom is -0.394 e. The number of rotatable bonds is 10. The molecule has 0 spiro atoms. The van der Waals surface area contributed by atoms with E-state index >= 15 is 0 Å². The van der Waals surface area contributed by atoms with Crippen molar-refractivity contribution < 1.29 is 4.79 Å². The van der Waals surface area contributed by atoms with Crippen LogP contribution in [0.2, 0.25) is 0 Å². The van der Waals surface area contributed by atoms with Crippen LogP contribution in [0.25, 0.3) is 6.08 Å². The van der Waals surface area contributed by atoms with E-state index in [9.17, 15) is 4.79 Å². The summed E-state index contributed by atoms with van der Waals surface area (Å²) in [5, 5.41) is 3.01. The van der Waals surface area contributed by atoms with Crippen molar-refractivity contribution in [2.45, 2.75) is 13.3 Å². The van der Waals surface area contributed by atoms with E-state index in [2.05, 4.69) is 72.4 Å². The molecule has 0 aliphatic heterocycles. The summed E-state index contributed by atoms with van der Waals surface area (Å²) in [6.07, 6.45) is 11.2. The maximum atomic E-state index is 11.6. The molecule has 0 radical (unpaired) electrons. The van der Waals surface area contributed by atoms with Crippen LogP contribution in [-0.2, 0) is 4.79 Å². The minimum atomic E-state index is 0.0628. The van der Waals surface area contributed by atoms with E-state index in [0.29, 0.717) is 0 Å². The van der Waals surface area contributed by atoms with Gasteiger partial charge in [-0.2, -0.15) is 12.6 Å². The lowest BCUT2D eigenvalue weighted by Crippen LogP contribution is -2.31. The Morgan fingerprint density at radius 2 is 1.92 bits per heavy atom. The number of carbonyl (C=O) groups is 1. The largest absolute Gasteiger partial charge is 0.394 e. The van der Waals surface area contributed by atoms with Gasteiger partial charge in [-0.1, -0.05) is 36.4 Å². The van der Waals surface area contributed by atoms with Gasteiger partial charge in [0.05, 0.1) is 5.75 Å². The molecule has 0 aromatic heterocycles. The van der Waals surface area contributed by atoms with Gasteiger partial charge in [0.15, 0.2) is 0 Å². The zero-order valence-corrected chi connectivity index (χ0v) is 17.2. The number of hydrogen-bond acceptors (Lipinski definition) is 4. The van der Waals surface area contributed by atoms with Gasteiger partial charge in [0.25, 0.3) is 0 Å². The highest BCUT2D eigenvalue weighted by molar-refractivity contribution is 7.81. The second kappa shape index (κ2) is 12.3. The van der Waals surface area contributed by atoms with Crippen molar-refractivity contribution in [1.82, 2.24) is 10.2 Å². The number of anilines is 1. The van der Waals surface area contributed by atoms with Crippen LogP contribution in [-0.4, -0.2) is 50.8 Å². The molecule has 1 N–H and O–H groups in total. The number of nitrogens with zero attached hydrogens (tertiary/aromatic N) is 2. The van der Waals surface area contributed by atoms with E-state index in [1.165, 1.54) is 11.3 Å². The van der Waals surface area contributed by atoms with Crippen LogP contribution >= 0.6 is 12.6 Å². The van der Waals surface area contributed by atoms with E-state index in [0.717, 1.165) is 25.1 Å². The third kappa shape index (κ3) is 7.40. The van der Waals surface area contributed by atoms with Gasteiger partial charge in [-0.05, 0) is 42.8 Å². The fourth-order valence-electron chi connectivity index (χ4n) is 2.50. The Hall–Kier alpha value is -2.14. The number of carbonyl (C=O) groups excluding carboxylic acids is 1. The first-order chi connectivity index (χ1) is 12.5. The van der Waals surface area contributed by atoms with Crippen molar-refractivity contribution in [2.75, 3.05) is 44.9 Å². The highest BCUT2D eigenvalue weighted by Gasteiger charge is 2.08. The molecule has 1 aromatic carbocycles. The molecule has 142 valence electrons. The van der Waals surface area contributed by atoms with Crippen LogP contribution < -0.4 is 10.2 Å². The summed E-state index contributed by atoms with van der Waals surface area (Å²) in [6.45, 7) is 3.64. The summed E-state index contributed by atoms with van der Waals surface area (Å²) < 4.78 is 0. The molecule has 0 fully saturated rings. The van der Waals surface area contributed by atoms with Crippen molar-refractivity contribution in [3.63, 3.8) is 0 Å². The first-order valence-corrected chi connectivity index (χ1v) is 9.50. The van der Waals surface area contributed by atoms with Crippen LogP contribution in [0.4, 0.5) is 5.69 Å². The molecule has 0 atom stereocenters. The number of para-hydroxylation sites is 1. The summed E-state index contributed by atoms with van der Waals surface area (Å²) in [4.78, 5) is 15.5. The summed E-state index contributed by atoms with van der Waals surface area (Å²) in [7, 11) is 5.80. The maximum Gasteiger partial charge on any atom is 0.232 e. The van der Waals surface area contributed by atoms with Crippen molar-refractivity contribution in [1.29, 1.82) is 0 Å². The summed E-state index contributed by atoms with van der Waals surface area (Å²) in [5.74, 6) is 0.322. The summed E-state index contributed by atoms with van der Waals surface area (Å²) in [5.41, 5.74) is 3.50. The molecule has 0 aliphatic carbocycles. The minimum absolute atomic E-state index is 0.0628. The molecule has 5 heteroatoms. The molecule has 1 aromatic rings. The van der Waals surface area contributed by atoms with Crippen molar-refractivity contribution >= 4 is 30.3 Å². The lowest BCUT2D eigenvalue weighted by atomic mass is 10.1. The Balaban J connectivity index is 2.75. The zero-order chi connectivity index (χ0) is 19.4. The second-order valence-corrected chi connectivity index (χ2v) is 6.37. The van der Waals surface area contributed by atoms with E-state index < -0.39 is 0 Å². The normalized spacial score (nSPS) is 12.0. The molecule has 26 heavy (non-hydrogen) atoms. The zero-order valence-electron chi connectivity index (χ0n) is 16.3. The average molecular weight is 374 g/mol. The second-order valence-electron chi connectivity index (χ2n) is 6.05. The molecule has 0 saturated heterocycles. The van der Waals surface area contributed by atoms with Crippen LogP contribution in [0.3, 0.4) is 0 Å². The molecular weight excluding hydrogens is 342 g/mol. The van der Waals surface area contributed by atoms with Crippen molar-refractivity contribution in [3.8, 4) is 0 Å². The maximum absolute atomic E-state index is 11.6. The fourth-order valence-corrected chi connectivity index (χ4v) is 2.74. The van der Waals surface area contributed by atoms with Gasteiger partial charge in [0, 0.05) is 39.9 Å². The molecular formula is C21H31N3OS. The molecule has 0 saturated carbocycles. The number of benzene rings is 1. The molecule has 1 amide bonds. The van der Waals surface area contributed by atoms with E-state index in [4.69, 9.17) is 0 Å². The SMILES string of the molecule is C/C=C(\C=C/NC)/C=C/c1ccccc1N(C)CCCN(C)C(=O)CS. The van der Waals surface area contributed by atoms with Crippen LogP contribution in [0.5, 0.6) is 0 Å². The number of thiol groups is 1. The first kappa shape index (κ1) is 21.9. The van der Waals surface area contributed by atoms with Crippen molar-refractivity contribution in [3.05, 3.63) is 59.8 Å². The monoisotopic (exact) mass is 373 g/mol. The molecule has 0 unspecified atom stereocenters. The topological polar surface area (TPSA) is 35.6 Å². The predicted octanol–water partition coefficient (Wildman–Crippen LogP) is 3.59. The summed E-state index contributed by atoms with van der Waals surface area (Å²) in [6, 6.07) is 8.35. The predicted molar refractivity (Wildman–Crippen MR) is 117 cm³/mol. The van der Waals surface area contributed by atoms with Gasteiger partial charge >= 0.3 is 0 Å². The van der Waals surface area contributed by atoms with Crippen molar-refractivity contribution in [2.24, 2.45) is 0 Å². The number of hydrogen-bond donors (Lipinski definition) is 2. The number of nitrogens with one attached hydrogen (secondary N) is 1. The highest BCUT2D eigenvalue weighted by Crippen LogP contribution is 2.21. The standard InChI is InChI=1S/C21H31N3OS/c1-5-18(13-14-22-2)11-12-19-9-6-7-10-20(19)23(3)15-8-16-24(4)21(25)17-26/h5-7,9-14,22,26H,8,15-17H2,1-4H3/b12-11+,14-13-,18-5-. The summed E-state index contributed by atoms with van der Waals surface area (Å²) >= 11 is 4.03.